The van der Waals surface area contributed by atoms with Crippen molar-refractivity contribution >= 4 is 13.8 Å². The molecule has 43 heavy (non-hydrogen) atoms. The van der Waals surface area contributed by atoms with Gasteiger partial charge < -0.3 is 4.74 Å². The van der Waals surface area contributed by atoms with Crippen LogP contribution >= 0.6 is 0 Å². The minimum absolute atomic E-state index is 0.124. The second-order valence-corrected chi connectivity index (χ2v) is 21.2. The molecule has 0 spiro atoms. The van der Waals surface area contributed by atoms with Crippen LogP contribution in [0.3, 0.4) is 0 Å². The Morgan fingerprint density at radius 2 is 1.33 bits per heavy atom. The van der Waals surface area contributed by atoms with Crippen LogP contribution < -0.4 is 10.1 Å². The molecule has 1 saturated heterocycles. The summed E-state index contributed by atoms with van der Waals surface area (Å²) in [7, 11) is -0.368. The van der Waals surface area contributed by atoms with E-state index in [1.165, 1.54) is 22.3 Å². The van der Waals surface area contributed by atoms with Crippen molar-refractivity contribution in [2.75, 3.05) is 7.11 Å². The van der Waals surface area contributed by atoms with Crippen molar-refractivity contribution < 1.29 is 4.74 Å². The predicted octanol–water partition coefficient (Wildman–Crippen LogP) is 9.17. The van der Waals surface area contributed by atoms with E-state index in [2.05, 4.69) is 157 Å². The van der Waals surface area contributed by atoms with Crippen LogP contribution in [-0.4, -0.2) is 37.7 Å². The topological polar surface area (TPSA) is 24.5 Å². The first-order valence-corrected chi connectivity index (χ1v) is 19.5. The molecule has 0 bridgehead atoms. The van der Waals surface area contributed by atoms with Gasteiger partial charge in [0.2, 0.25) is 0 Å². The van der Waals surface area contributed by atoms with Gasteiger partial charge in [0, 0.05) is 6.04 Å². The third kappa shape index (κ3) is 5.12. The number of fused-ring (bicyclic) bond motifs is 4. The van der Waals surface area contributed by atoms with Crippen LogP contribution in [0.15, 0.2) is 90.1 Å². The summed E-state index contributed by atoms with van der Waals surface area (Å²) in [5, 5.41) is 4.15. The molecule has 1 heterocycles. The zero-order valence-corrected chi connectivity index (χ0v) is 29.4. The summed E-state index contributed by atoms with van der Waals surface area (Å²) in [4.78, 5) is 0. The van der Waals surface area contributed by atoms with E-state index in [0.29, 0.717) is 35.3 Å². The summed E-state index contributed by atoms with van der Waals surface area (Å²) >= 11 is 0. The van der Waals surface area contributed by atoms with E-state index in [0.717, 1.165) is 5.75 Å². The Morgan fingerprint density at radius 3 is 1.81 bits per heavy atom. The number of nitrogens with zero attached hydrogens (tertiary/aromatic N) is 1. The summed E-state index contributed by atoms with van der Waals surface area (Å²) in [5.41, 5.74) is 6.45. The van der Waals surface area contributed by atoms with Crippen LogP contribution in [-0.2, 0) is 0 Å². The van der Waals surface area contributed by atoms with Crippen molar-refractivity contribution in [3.05, 3.63) is 95.7 Å². The zero-order valence-electron chi connectivity index (χ0n) is 28.4. The van der Waals surface area contributed by atoms with Crippen LogP contribution in [0, 0.1) is 34.5 Å². The number of hydrogen-bond acceptors (Lipinski definition) is 3. The van der Waals surface area contributed by atoms with Gasteiger partial charge in [-0.1, -0.05) is 121 Å². The van der Waals surface area contributed by atoms with Gasteiger partial charge in [-0.2, -0.15) is 0 Å². The Hall–Kier alpha value is -2.40. The lowest BCUT2D eigenvalue weighted by atomic mass is 9.74. The van der Waals surface area contributed by atoms with E-state index in [1.54, 1.807) is 7.11 Å². The standard InChI is InChI=1S/C39H54N2OSi/c1-37(2,3)26-17-21-30-31-22-18-27(38(4,5)6)24-33(31)36(32(30)23-26)43(10,11)41-34-14-12-13-29(35(34)40-39(41,7)8)25-15-19-28(42-9)20-16-25/h12-24,30-36,40H,1-11H3/t30?,31?,32?,33?,34-,35?,36?/m1/s1. The molecular formula is C39H54N2OSi. The second kappa shape index (κ2) is 10.3. The second-order valence-electron chi connectivity index (χ2n) is 16.7. The van der Waals surface area contributed by atoms with Crippen molar-refractivity contribution in [1.29, 1.82) is 0 Å². The molecule has 230 valence electrons. The molecule has 1 saturated carbocycles. The van der Waals surface area contributed by atoms with Gasteiger partial charge >= 0.3 is 0 Å². The molecule has 0 aromatic heterocycles. The van der Waals surface area contributed by atoms with Crippen molar-refractivity contribution in [3.63, 3.8) is 0 Å². The maximum absolute atomic E-state index is 5.47. The fourth-order valence-corrected chi connectivity index (χ4v) is 14.7. The smallest absolute Gasteiger partial charge is 0.129 e. The predicted molar refractivity (Wildman–Crippen MR) is 185 cm³/mol. The number of allylic oxidation sites excluding steroid dienone is 10. The molecule has 5 aliphatic rings. The number of hydrogen-bond donors (Lipinski definition) is 1. The first-order chi connectivity index (χ1) is 20.0. The van der Waals surface area contributed by atoms with Crippen LogP contribution in [0.2, 0.25) is 18.6 Å². The van der Waals surface area contributed by atoms with Gasteiger partial charge in [0.25, 0.3) is 0 Å². The summed E-state index contributed by atoms with van der Waals surface area (Å²) in [5.74, 6) is 3.13. The monoisotopic (exact) mass is 594 g/mol. The molecule has 5 unspecified atom stereocenters. The first kappa shape index (κ1) is 30.6. The molecule has 3 nitrogen and oxygen atoms in total. The van der Waals surface area contributed by atoms with Gasteiger partial charge in [0.05, 0.1) is 18.8 Å². The van der Waals surface area contributed by atoms with Crippen LogP contribution in [0.1, 0.15) is 61.0 Å². The largest absolute Gasteiger partial charge is 0.497 e. The molecule has 1 aromatic carbocycles. The Labute approximate surface area is 262 Å². The summed E-state index contributed by atoms with van der Waals surface area (Å²) in [6, 6.07) is 9.19. The first-order valence-electron chi connectivity index (χ1n) is 16.4. The van der Waals surface area contributed by atoms with E-state index >= 15 is 0 Å². The Kier molecular flexibility index (Phi) is 7.35. The molecule has 2 fully saturated rings. The molecule has 1 N–H and O–H groups in total. The molecule has 1 aliphatic heterocycles. The highest BCUT2D eigenvalue weighted by Crippen LogP contribution is 2.62. The summed E-state index contributed by atoms with van der Waals surface area (Å²) in [6.07, 6.45) is 22.6. The van der Waals surface area contributed by atoms with Gasteiger partial charge in [-0.3, -0.25) is 9.88 Å². The third-order valence-corrected chi connectivity index (χ3v) is 15.7. The highest BCUT2D eigenvalue weighted by atomic mass is 28.3. The highest BCUT2D eigenvalue weighted by molar-refractivity contribution is 6.76. The van der Waals surface area contributed by atoms with Crippen molar-refractivity contribution in [1.82, 2.24) is 9.88 Å². The number of ether oxygens (including phenoxy) is 1. The average molecular weight is 595 g/mol. The highest BCUT2D eigenvalue weighted by Gasteiger charge is 2.61. The minimum Gasteiger partial charge on any atom is -0.497 e. The lowest BCUT2D eigenvalue weighted by Gasteiger charge is -2.51. The van der Waals surface area contributed by atoms with Gasteiger partial charge in [0.1, 0.15) is 14.0 Å². The Balaban J connectivity index is 1.43. The molecule has 6 rings (SSSR count). The number of methoxy groups -OCH3 is 1. The van der Waals surface area contributed by atoms with Crippen molar-refractivity contribution in [3.8, 4) is 5.75 Å². The number of rotatable bonds is 4. The molecule has 0 amide bonds. The van der Waals surface area contributed by atoms with Crippen LogP contribution in [0.4, 0.5) is 0 Å². The zero-order chi connectivity index (χ0) is 31.1. The molecule has 1 aromatic rings. The molecule has 4 heteroatoms. The van der Waals surface area contributed by atoms with E-state index in [1.807, 2.05) is 0 Å². The van der Waals surface area contributed by atoms with E-state index in [-0.39, 0.29) is 22.5 Å². The van der Waals surface area contributed by atoms with Crippen molar-refractivity contribution in [2.24, 2.45) is 34.5 Å². The third-order valence-electron chi connectivity index (χ3n) is 11.2. The van der Waals surface area contributed by atoms with Gasteiger partial charge in [-0.15, -0.1) is 0 Å². The molecule has 4 aliphatic carbocycles. The molecule has 6 atom stereocenters. The number of benzene rings is 1. The van der Waals surface area contributed by atoms with Gasteiger partial charge in [-0.05, 0) is 88.3 Å². The fourth-order valence-electron chi connectivity index (χ4n) is 9.31. The number of nitrogens with one attached hydrogen (secondary N) is 1. The van der Waals surface area contributed by atoms with Crippen LogP contribution in [0.5, 0.6) is 5.75 Å². The fraction of sp³-hybridized carbons (Fsp3) is 0.538. The minimum atomic E-state index is -2.10. The molecule has 0 radical (unpaired) electrons. The normalized spacial score (nSPS) is 33.4. The lowest BCUT2D eigenvalue weighted by Crippen LogP contribution is -2.64. The van der Waals surface area contributed by atoms with Gasteiger partial charge in [0.15, 0.2) is 0 Å². The maximum Gasteiger partial charge on any atom is 0.129 e. The van der Waals surface area contributed by atoms with Gasteiger partial charge in [-0.25, -0.2) is 0 Å². The quantitative estimate of drug-likeness (QED) is 0.352. The van der Waals surface area contributed by atoms with E-state index < -0.39 is 8.24 Å². The molecular weight excluding hydrogens is 541 g/mol. The average Bonchev–Trinajstić information content (AvgIpc) is 3.42. The lowest BCUT2D eigenvalue weighted by molar-refractivity contribution is 0.226. The van der Waals surface area contributed by atoms with Crippen molar-refractivity contribution in [2.45, 2.75) is 91.8 Å². The Morgan fingerprint density at radius 1 is 0.791 bits per heavy atom. The van der Waals surface area contributed by atoms with E-state index in [4.69, 9.17) is 4.74 Å². The summed E-state index contributed by atoms with van der Waals surface area (Å²) in [6.45, 7) is 24.5. The SMILES string of the molecule is COc1ccc(C2=CC=C[C@@H]3C2NC(C)(C)N3[Si](C)(C)C2C3C=C(C(C)(C)C)C=CC3C3C=CC(C(C)(C)C)=CC32)cc1. The summed E-state index contributed by atoms with van der Waals surface area (Å²) < 4.78 is 8.45. The van der Waals surface area contributed by atoms with Crippen LogP contribution in [0.25, 0.3) is 5.57 Å². The Bertz CT molecular complexity index is 1390. The van der Waals surface area contributed by atoms with E-state index in [9.17, 15) is 0 Å². The maximum atomic E-state index is 5.47.